The van der Waals surface area contributed by atoms with Crippen LogP contribution in [0.5, 0.6) is 5.88 Å². The summed E-state index contributed by atoms with van der Waals surface area (Å²) in [5.74, 6) is 0.175. The molecule has 0 aliphatic heterocycles. The molecule has 1 aromatic heterocycles. The molecule has 0 aliphatic rings. The molecule has 0 bridgehead atoms. The quantitative estimate of drug-likeness (QED) is 0.385. The molecule has 0 aliphatic carbocycles. The molecule has 28 heavy (non-hydrogen) atoms. The van der Waals surface area contributed by atoms with Gasteiger partial charge in [-0.25, -0.2) is 4.68 Å². The average molecular weight is 385 g/mol. The monoisotopic (exact) mass is 385 g/mol. The summed E-state index contributed by atoms with van der Waals surface area (Å²) in [6.45, 7) is 11.8. The second kappa shape index (κ2) is 8.37. The van der Waals surface area contributed by atoms with Gasteiger partial charge in [0.05, 0.1) is 23.3 Å². The van der Waals surface area contributed by atoms with E-state index in [4.69, 9.17) is 4.74 Å². The number of nitro benzene ring substituents is 1. The minimum atomic E-state index is -0.409. The standard InChI is InChI=1S/C21H27N3O4/c1-8-11-23-21(28-7)19(15(6)22-23)20(25)16-9-10-17(24(26)27)18(14(16)5)13(4)12(2)3/h9-10H,8,11H2,1-7H3. The highest BCUT2D eigenvalue weighted by molar-refractivity contribution is 6.12. The maximum atomic E-state index is 13.4. The third-order valence-electron chi connectivity index (χ3n) is 4.95. The van der Waals surface area contributed by atoms with Crippen molar-refractivity contribution < 1.29 is 14.5 Å². The van der Waals surface area contributed by atoms with Gasteiger partial charge in [-0.05, 0) is 58.2 Å². The summed E-state index contributed by atoms with van der Waals surface area (Å²) in [5, 5.41) is 16.0. The normalized spacial score (nSPS) is 10.7. The zero-order valence-corrected chi connectivity index (χ0v) is 17.5. The Kier molecular flexibility index (Phi) is 6.38. The number of methoxy groups -OCH3 is 1. The number of nitrogens with zero attached hydrogens (tertiary/aromatic N) is 3. The van der Waals surface area contributed by atoms with Crippen molar-refractivity contribution >= 4 is 17.0 Å². The van der Waals surface area contributed by atoms with Crippen molar-refractivity contribution in [2.24, 2.45) is 0 Å². The molecular weight excluding hydrogens is 358 g/mol. The van der Waals surface area contributed by atoms with E-state index in [1.54, 1.807) is 18.5 Å². The van der Waals surface area contributed by atoms with Gasteiger partial charge in [0.25, 0.3) is 5.69 Å². The number of rotatable bonds is 7. The number of aromatic nitrogens is 2. The number of ether oxygens (including phenoxy) is 1. The van der Waals surface area contributed by atoms with Crippen LogP contribution in [0.2, 0.25) is 0 Å². The van der Waals surface area contributed by atoms with Crippen molar-refractivity contribution in [3.05, 3.63) is 55.8 Å². The summed E-state index contributed by atoms with van der Waals surface area (Å²) >= 11 is 0. The van der Waals surface area contributed by atoms with Gasteiger partial charge in [0, 0.05) is 18.2 Å². The molecule has 0 spiro atoms. The minimum Gasteiger partial charge on any atom is -0.481 e. The maximum Gasteiger partial charge on any atom is 0.277 e. The molecule has 7 heteroatoms. The Morgan fingerprint density at radius 1 is 1.21 bits per heavy atom. The maximum absolute atomic E-state index is 13.4. The lowest BCUT2D eigenvalue weighted by atomic mass is 9.90. The van der Waals surface area contributed by atoms with E-state index in [-0.39, 0.29) is 11.5 Å². The van der Waals surface area contributed by atoms with Crippen LogP contribution in [0.4, 0.5) is 5.69 Å². The van der Waals surface area contributed by atoms with Crippen molar-refractivity contribution in [3.8, 4) is 5.88 Å². The zero-order valence-electron chi connectivity index (χ0n) is 17.5. The lowest BCUT2D eigenvalue weighted by Crippen LogP contribution is -2.10. The van der Waals surface area contributed by atoms with Crippen LogP contribution in [0.3, 0.4) is 0 Å². The van der Waals surface area contributed by atoms with Crippen LogP contribution in [0, 0.1) is 24.0 Å². The fourth-order valence-corrected chi connectivity index (χ4v) is 3.35. The second-order valence-electron chi connectivity index (χ2n) is 7.04. The van der Waals surface area contributed by atoms with E-state index in [1.807, 2.05) is 27.7 Å². The first-order chi connectivity index (χ1) is 13.1. The predicted octanol–water partition coefficient (Wildman–Crippen LogP) is 4.87. The van der Waals surface area contributed by atoms with E-state index >= 15 is 0 Å². The summed E-state index contributed by atoms with van der Waals surface area (Å²) in [4.78, 5) is 24.5. The van der Waals surface area contributed by atoms with Crippen molar-refractivity contribution in [1.29, 1.82) is 0 Å². The SMILES string of the molecule is CCCn1nc(C)c(C(=O)c2ccc([N+](=O)[O-])c(C(C)=C(C)C)c2C)c1OC. The van der Waals surface area contributed by atoms with Gasteiger partial charge in [-0.3, -0.25) is 14.9 Å². The molecule has 0 saturated heterocycles. The molecule has 0 amide bonds. The minimum absolute atomic E-state index is 0.00175. The average Bonchev–Trinajstić information content (AvgIpc) is 2.95. The van der Waals surface area contributed by atoms with E-state index in [0.717, 1.165) is 17.6 Å². The Balaban J connectivity index is 2.74. The molecular formula is C21H27N3O4. The van der Waals surface area contributed by atoms with Gasteiger partial charge in [0.15, 0.2) is 0 Å². The first kappa shape index (κ1) is 21.3. The highest BCUT2D eigenvalue weighted by Gasteiger charge is 2.28. The Labute approximate surface area is 165 Å². The van der Waals surface area contributed by atoms with Crippen LogP contribution in [0.1, 0.15) is 66.9 Å². The Hall–Kier alpha value is -2.96. The van der Waals surface area contributed by atoms with Crippen LogP contribution >= 0.6 is 0 Å². The zero-order chi connectivity index (χ0) is 21.2. The largest absolute Gasteiger partial charge is 0.481 e. The third kappa shape index (κ3) is 3.69. The molecule has 0 radical (unpaired) electrons. The topological polar surface area (TPSA) is 87.3 Å². The first-order valence-electron chi connectivity index (χ1n) is 9.24. The van der Waals surface area contributed by atoms with Gasteiger partial charge in [0.1, 0.15) is 5.56 Å². The number of hydrogen-bond donors (Lipinski definition) is 0. The fraction of sp³-hybridized carbons (Fsp3) is 0.429. The summed E-state index contributed by atoms with van der Waals surface area (Å²) < 4.78 is 7.16. The smallest absolute Gasteiger partial charge is 0.277 e. The summed E-state index contributed by atoms with van der Waals surface area (Å²) in [6, 6.07) is 2.92. The lowest BCUT2D eigenvalue weighted by Gasteiger charge is -2.14. The van der Waals surface area contributed by atoms with Gasteiger partial charge in [0.2, 0.25) is 11.7 Å². The summed E-state index contributed by atoms with van der Waals surface area (Å²) in [6.07, 6.45) is 0.853. The molecule has 0 unspecified atom stereocenters. The molecule has 2 aromatic rings. The van der Waals surface area contributed by atoms with Gasteiger partial charge in [-0.15, -0.1) is 0 Å². The number of hydrogen-bond acceptors (Lipinski definition) is 5. The number of carbonyl (C=O) groups is 1. The molecule has 0 atom stereocenters. The highest BCUT2D eigenvalue weighted by atomic mass is 16.6. The van der Waals surface area contributed by atoms with Crippen LogP contribution in [-0.2, 0) is 6.54 Å². The number of ketones is 1. The first-order valence-corrected chi connectivity index (χ1v) is 9.24. The van der Waals surface area contributed by atoms with Gasteiger partial charge in [-0.2, -0.15) is 5.10 Å². The van der Waals surface area contributed by atoms with Crippen LogP contribution in [-0.4, -0.2) is 27.6 Å². The molecule has 150 valence electrons. The van der Waals surface area contributed by atoms with Crippen molar-refractivity contribution in [3.63, 3.8) is 0 Å². The molecule has 1 aromatic carbocycles. The van der Waals surface area contributed by atoms with Gasteiger partial charge < -0.3 is 4.74 Å². The Bertz CT molecular complexity index is 967. The molecule has 0 fully saturated rings. The number of benzene rings is 1. The van der Waals surface area contributed by atoms with E-state index in [1.165, 1.54) is 19.2 Å². The van der Waals surface area contributed by atoms with E-state index < -0.39 is 4.92 Å². The molecule has 0 N–H and O–H groups in total. The third-order valence-corrected chi connectivity index (χ3v) is 4.95. The number of nitro groups is 1. The van der Waals surface area contributed by atoms with Gasteiger partial charge in [-0.1, -0.05) is 12.5 Å². The van der Waals surface area contributed by atoms with Crippen LogP contribution in [0.25, 0.3) is 5.57 Å². The van der Waals surface area contributed by atoms with E-state index in [2.05, 4.69) is 5.10 Å². The van der Waals surface area contributed by atoms with Crippen molar-refractivity contribution in [2.75, 3.05) is 7.11 Å². The predicted molar refractivity (Wildman–Crippen MR) is 109 cm³/mol. The highest BCUT2D eigenvalue weighted by Crippen LogP contribution is 2.35. The molecule has 7 nitrogen and oxygen atoms in total. The summed E-state index contributed by atoms with van der Waals surface area (Å²) in [7, 11) is 1.51. The molecule has 1 heterocycles. The number of aryl methyl sites for hydroxylation is 2. The Morgan fingerprint density at radius 2 is 1.86 bits per heavy atom. The van der Waals surface area contributed by atoms with Crippen LogP contribution in [0.15, 0.2) is 17.7 Å². The summed E-state index contributed by atoms with van der Waals surface area (Å²) in [5.41, 5.74) is 4.22. The van der Waals surface area contributed by atoms with Crippen molar-refractivity contribution in [2.45, 2.75) is 54.5 Å². The Morgan fingerprint density at radius 3 is 2.36 bits per heavy atom. The fourth-order valence-electron chi connectivity index (χ4n) is 3.35. The van der Waals surface area contributed by atoms with Crippen molar-refractivity contribution in [1.82, 2.24) is 9.78 Å². The number of carbonyl (C=O) groups excluding carboxylic acids is 1. The number of allylic oxidation sites excluding steroid dienone is 2. The lowest BCUT2D eigenvalue weighted by molar-refractivity contribution is -0.385. The van der Waals surface area contributed by atoms with E-state index in [9.17, 15) is 14.9 Å². The molecule has 0 saturated carbocycles. The van der Waals surface area contributed by atoms with E-state index in [0.29, 0.717) is 40.4 Å². The van der Waals surface area contributed by atoms with Gasteiger partial charge >= 0.3 is 0 Å². The second-order valence-corrected chi connectivity index (χ2v) is 7.04. The molecule has 2 rings (SSSR count). The van der Waals surface area contributed by atoms with Crippen LogP contribution < -0.4 is 4.74 Å².